The second-order valence-electron chi connectivity index (χ2n) is 7.48. The minimum absolute atomic E-state index is 0.110. The summed E-state index contributed by atoms with van der Waals surface area (Å²) in [5, 5.41) is 7.68. The van der Waals surface area contributed by atoms with Gasteiger partial charge in [-0.15, -0.1) is 0 Å². The zero-order valence-electron chi connectivity index (χ0n) is 17.0. The highest BCUT2D eigenvalue weighted by Gasteiger charge is 2.37. The Balaban J connectivity index is 2.18. The van der Waals surface area contributed by atoms with E-state index in [-0.39, 0.29) is 10.2 Å². The molecule has 1 heterocycles. The number of rotatable bonds is 7. The van der Waals surface area contributed by atoms with Crippen molar-refractivity contribution in [2.45, 2.75) is 36.9 Å². The van der Waals surface area contributed by atoms with Crippen molar-refractivity contribution in [3.8, 4) is 5.75 Å². The molecular weight excluding hydrogens is 382 g/mol. The van der Waals surface area contributed by atoms with E-state index in [1.807, 2.05) is 30.0 Å². The number of ether oxygens (including phenoxy) is 2. The van der Waals surface area contributed by atoms with Crippen LogP contribution in [0.2, 0.25) is 5.02 Å². The fraction of sp³-hybridized carbons (Fsp3) is 0.650. The van der Waals surface area contributed by atoms with E-state index in [4.69, 9.17) is 21.1 Å². The van der Waals surface area contributed by atoms with Crippen LogP contribution < -0.4 is 15.4 Å². The van der Waals surface area contributed by atoms with Crippen LogP contribution in [0.15, 0.2) is 23.2 Å². The normalized spacial score (nSPS) is 17.5. The third kappa shape index (κ3) is 5.93. The average molecular weight is 414 g/mol. The first-order valence-electron chi connectivity index (χ1n) is 9.27. The van der Waals surface area contributed by atoms with E-state index in [9.17, 15) is 0 Å². The van der Waals surface area contributed by atoms with E-state index in [2.05, 4.69) is 35.7 Å². The number of aliphatic imine (C=N–C) groups is 1. The molecule has 0 radical (unpaired) electrons. The lowest BCUT2D eigenvalue weighted by atomic mass is 9.73. The second-order valence-corrected chi connectivity index (χ2v) is 9.43. The molecule has 5 nitrogen and oxygen atoms in total. The molecule has 1 aliphatic rings. The molecule has 1 aromatic rings. The standard InChI is InChI=1S/C20H32ClN3O2S/c1-19(2,27-5)13-23-18(22-3)24-14-20(8-10-26-11-9-20)16-12-15(21)6-7-17(16)25-4/h6-7,12H,8-11,13-14H2,1-5H3,(H2,22,23,24). The molecule has 2 rings (SSSR count). The van der Waals surface area contributed by atoms with Crippen LogP contribution in [0.5, 0.6) is 5.75 Å². The van der Waals surface area contributed by atoms with Crippen molar-refractivity contribution in [3.63, 3.8) is 0 Å². The van der Waals surface area contributed by atoms with Gasteiger partial charge in [-0.05, 0) is 51.1 Å². The molecule has 7 heteroatoms. The van der Waals surface area contributed by atoms with E-state index < -0.39 is 0 Å². The molecule has 1 aliphatic heterocycles. The molecule has 1 fully saturated rings. The number of methoxy groups -OCH3 is 1. The summed E-state index contributed by atoms with van der Waals surface area (Å²) in [6.07, 6.45) is 3.94. The smallest absolute Gasteiger partial charge is 0.191 e. The Bertz CT molecular complexity index is 646. The molecule has 152 valence electrons. The highest BCUT2D eigenvalue weighted by Crippen LogP contribution is 2.40. The fourth-order valence-electron chi connectivity index (χ4n) is 3.24. The van der Waals surface area contributed by atoms with Gasteiger partial charge >= 0.3 is 0 Å². The number of benzene rings is 1. The van der Waals surface area contributed by atoms with Gasteiger partial charge in [0.25, 0.3) is 0 Å². The molecule has 1 saturated heterocycles. The maximum Gasteiger partial charge on any atom is 0.191 e. The number of nitrogens with zero attached hydrogens (tertiary/aromatic N) is 1. The van der Waals surface area contributed by atoms with Crippen LogP contribution in [-0.2, 0) is 10.2 Å². The van der Waals surface area contributed by atoms with Crippen molar-refractivity contribution < 1.29 is 9.47 Å². The number of halogens is 1. The number of hydrogen-bond acceptors (Lipinski definition) is 4. The number of thioether (sulfide) groups is 1. The number of hydrogen-bond donors (Lipinski definition) is 2. The Kier molecular flexibility index (Phi) is 8.13. The van der Waals surface area contributed by atoms with Gasteiger partial charge in [-0.25, -0.2) is 0 Å². The quantitative estimate of drug-likeness (QED) is 0.527. The summed E-state index contributed by atoms with van der Waals surface area (Å²) in [5.74, 6) is 1.68. The van der Waals surface area contributed by atoms with E-state index in [0.717, 1.165) is 61.4 Å². The second kappa shape index (κ2) is 9.89. The molecule has 2 N–H and O–H groups in total. The lowest BCUT2D eigenvalue weighted by Crippen LogP contribution is -2.50. The van der Waals surface area contributed by atoms with Crippen molar-refractivity contribution in [2.24, 2.45) is 4.99 Å². The first kappa shape index (κ1) is 22.2. The fourth-order valence-corrected chi connectivity index (χ4v) is 3.63. The SMILES string of the molecule is CN=C(NCC(C)(C)SC)NCC1(c2cc(Cl)ccc2OC)CCOCC1. The van der Waals surface area contributed by atoms with Crippen LogP contribution in [0.25, 0.3) is 0 Å². The minimum atomic E-state index is -0.110. The van der Waals surface area contributed by atoms with Crippen molar-refractivity contribution in [3.05, 3.63) is 28.8 Å². The summed E-state index contributed by atoms with van der Waals surface area (Å²) in [5.41, 5.74) is 1.02. The van der Waals surface area contributed by atoms with Crippen LogP contribution in [0.4, 0.5) is 0 Å². The highest BCUT2D eigenvalue weighted by molar-refractivity contribution is 7.99. The monoisotopic (exact) mass is 413 g/mol. The maximum atomic E-state index is 6.32. The Labute approximate surface area is 172 Å². The molecule has 27 heavy (non-hydrogen) atoms. The zero-order chi connectivity index (χ0) is 19.9. The van der Waals surface area contributed by atoms with Crippen LogP contribution >= 0.6 is 23.4 Å². The molecule has 0 aliphatic carbocycles. The predicted octanol–water partition coefficient (Wildman–Crippen LogP) is 3.70. The van der Waals surface area contributed by atoms with Gasteiger partial charge in [0.2, 0.25) is 0 Å². The Morgan fingerprint density at radius 1 is 1.33 bits per heavy atom. The van der Waals surface area contributed by atoms with Crippen LogP contribution in [-0.4, -0.2) is 57.4 Å². The molecule has 0 unspecified atom stereocenters. The summed E-state index contributed by atoms with van der Waals surface area (Å²) in [6, 6.07) is 5.85. The number of guanidine groups is 1. The van der Waals surface area contributed by atoms with E-state index >= 15 is 0 Å². The van der Waals surface area contributed by atoms with Gasteiger partial charge < -0.3 is 20.1 Å². The summed E-state index contributed by atoms with van der Waals surface area (Å²) in [6.45, 7) is 7.46. The van der Waals surface area contributed by atoms with Crippen molar-refractivity contribution in [2.75, 3.05) is 46.7 Å². The number of nitrogens with one attached hydrogen (secondary N) is 2. The summed E-state index contributed by atoms with van der Waals surface area (Å²) < 4.78 is 11.4. The summed E-state index contributed by atoms with van der Waals surface area (Å²) in [4.78, 5) is 4.39. The van der Waals surface area contributed by atoms with Gasteiger partial charge in [0.15, 0.2) is 5.96 Å². The largest absolute Gasteiger partial charge is 0.496 e. The summed E-state index contributed by atoms with van der Waals surface area (Å²) in [7, 11) is 3.51. The van der Waals surface area contributed by atoms with Gasteiger partial charge in [0.1, 0.15) is 5.75 Å². The van der Waals surface area contributed by atoms with E-state index in [1.54, 1.807) is 14.2 Å². The third-order valence-electron chi connectivity index (χ3n) is 5.23. The van der Waals surface area contributed by atoms with Gasteiger partial charge in [-0.2, -0.15) is 11.8 Å². The first-order valence-corrected chi connectivity index (χ1v) is 10.9. The van der Waals surface area contributed by atoms with E-state index in [0.29, 0.717) is 0 Å². The predicted molar refractivity (Wildman–Crippen MR) is 117 cm³/mol. The van der Waals surface area contributed by atoms with Gasteiger partial charge in [-0.1, -0.05) is 11.6 Å². The zero-order valence-corrected chi connectivity index (χ0v) is 18.6. The summed E-state index contributed by atoms with van der Waals surface area (Å²) >= 11 is 8.15. The molecule has 0 amide bonds. The maximum absolute atomic E-state index is 6.32. The molecule has 0 aromatic heterocycles. The lowest BCUT2D eigenvalue weighted by molar-refractivity contribution is 0.0505. The van der Waals surface area contributed by atoms with Crippen molar-refractivity contribution in [1.82, 2.24) is 10.6 Å². The van der Waals surface area contributed by atoms with Crippen LogP contribution in [0.3, 0.4) is 0 Å². The molecule has 1 aromatic carbocycles. The molecular formula is C20H32ClN3O2S. The minimum Gasteiger partial charge on any atom is -0.496 e. The van der Waals surface area contributed by atoms with Gasteiger partial charge in [0, 0.05) is 54.1 Å². The van der Waals surface area contributed by atoms with Crippen LogP contribution in [0.1, 0.15) is 32.3 Å². The Morgan fingerprint density at radius 3 is 2.63 bits per heavy atom. The average Bonchev–Trinajstić information content (AvgIpc) is 2.68. The van der Waals surface area contributed by atoms with Crippen molar-refractivity contribution >= 4 is 29.3 Å². The molecule has 0 spiro atoms. The third-order valence-corrected chi connectivity index (χ3v) is 6.72. The molecule has 0 atom stereocenters. The first-order chi connectivity index (χ1) is 12.9. The van der Waals surface area contributed by atoms with Gasteiger partial charge in [0.05, 0.1) is 7.11 Å². The highest BCUT2D eigenvalue weighted by atomic mass is 35.5. The lowest BCUT2D eigenvalue weighted by Gasteiger charge is -2.39. The van der Waals surface area contributed by atoms with Crippen LogP contribution in [0, 0.1) is 0 Å². The molecule has 0 bridgehead atoms. The van der Waals surface area contributed by atoms with E-state index in [1.165, 1.54) is 0 Å². The topological polar surface area (TPSA) is 54.9 Å². The van der Waals surface area contributed by atoms with Crippen molar-refractivity contribution in [1.29, 1.82) is 0 Å². The molecule has 0 saturated carbocycles. The van der Waals surface area contributed by atoms with Gasteiger partial charge in [-0.3, -0.25) is 4.99 Å². The Hall–Kier alpha value is -1.11. The Morgan fingerprint density at radius 2 is 2.04 bits per heavy atom.